The van der Waals surface area contributed by atoms with Crippen molar-refractivity contribution in [2.45, 2.75) is 39.7 Å². The number of benzene rings is 2. The van der Waals surface area contributed by atoms with E-state index in [1.54, 1.807) is 6.07 Å². The molecule has 7 heteroatoms. The van der Waals surface area contributed by atoms with Crippen molar-refractivity contribution in [1.29, 1.82) is 0 Å². The van der Waals surface area contributed by atoms with Crippen molar-refractivity contribution in [2.24, 2.45) is 5.16 Å². The Balaban J connectivity index is 1.69. The highest BCUT2D eigenvalue weighted by atomic mass is 35.5. The third-order valence-electron chi connectivity index (χ3n) is 4.24. The monoisotopic (exact) mass is 415 g/mol. The molecule has 0 aliphatic rings. The molecule has 0 spiro atoms. The highest BCUT2D eigenvalue weighted by Gasteiger charge is 2.10. The molecule has 0 aliphatic heterocycles. The first kappa shape index (κ1) is 22.4. The Labute approximate surface area is 176 Å². The molecule has 0 saturated carbocycles. The van der Waals surface area contributed by atoms with E-state index in [0.717, 1.165) is 30.2 Å². The lowest BCUT2D eigenvalue weighted by Crippen LogP contribution is -2.35. The average Bonchev–Trinajstić information content (AvgIpc) is 2.67. The fourth-order valence-electron chi connectivity index (χ4n) is 2.83. The molecule has 0 radical (unpaired) electrons. The molecular formula is C22H26ClN3O3. The second-order valence-electron chi connectivity index (χ2n) is 6.93. The molecule has 2 amide bonds. The molecule has 0 saturated heterocycles. The quantitative estimate of drug-likeness (QED) is 0.479. The zero-order chi connectivity index (χ0) is 21.2. The third-order valence-corrected chi connectivity index (χ3v) is 4.53. The van der Waals surface area contributed by atoms with Gasteiger partial charge in [0.1, 0.15) is 6.21 Å². The van der Waals surface area contributed by atoms with Crippen LogP contribution in [0.4, 0.5) is 5.69 Å². The summed E-state index contributed by atoms with van der Waals surface area (Å²) in [6.07, 6.45) is 2.67. The van der Waals surface area contributed by atoms with Crippen LogP contribution in [0.1, 0.15) is 30.0 Å². The van der Waals surface area contributed by atoms with Crippen molar-refractivity contribution in [1.82, 2.24) is 5.32 Å². The second kappa shape index (κ2) is 11.2. The van der Waals surface area contributed by atoms with Crippen LogP contribution in [0.25, 0.3) is 0 Å². The Kier molecular flexibility index (Phi) is 8.68. The molecule has 1 unspecified atom stereocenters. The molecule has 154 valence electrons. The van der Waals surface area contributed by atoms with E-state index < -0.39 is 5.91 Å². The van der Waals surface area contributed by atoms with Gasteiger partial charge >= 0.3 is 0 Å². The number of nitrogens with one attached hydrogen (secondary N) is 2. The topological polar surface area (TPSA) is 79.8 Å². The molecule has 29 heavy (non-hydrogen) atoms. The lowest BCUT2D eigenvalue weighted by atomic mass is 10.1. The van der Waals surface area contributed by atoms with Gasteiger partial charge < -0.3 is 15.5 Å². The number of amides is 2. The summed E-state index contributed by atoms with van der Waals surface area (Å²) in [4.78, 5) is 28.7. The fraction of sp³-hybridized carbons (Fsp3) is 0.318. The first-order valence-electron chi connectivity index (χ1n) is 9.41. The van der Waals surface area contributed by atoms with Crippen molar-refractivity contribution in [3.05, 3.63) is 64.2 Å². The zero-order valence-electron chi connectivity index (χ0n) is 16.9. The molecule has 0 heterocycles. The van der Waals surface area contributed by atoms with Gasteiger partial charge in [0.05, 0.1) is 10.7 Å². The van der Waals surface area contributed by atoms with Gasteiger partial charge in [0.2, 0.25) is 0 Å². The molecule has 1 atom stereocenters. The lowest BCUT2D eigenvalue weighted by Gasteiger charge is -2.13. The van der Waals surface area contributed by atoms with E-state index in [2.05, 4.69) is 27.9 Å². The normalized spacial score (nSPS) is 11.9. The van der Waals surface area contributed by atoms with Crippen molar-refractivity contribution in [2.75, 3.05) is 11.9 Å². The summed E-state index contributed by atoms with van der Waals surface area (Å²) in [6.45, 7) is 5.45. The van der Waals surface area contributed by atoms with Gasteiger partial charge in [-0.2, -0.15) is 0 Å². The zero-order valence-corrected chi connectivity index (χ0v) is 17.6. The van der Waals surface area contributed by atoms with Crippen molar-refractivity contribution in [3.8, 4) is 0 Å². The summed E-state index contributed by atoms with van der Waals surface area (Å²) in [5.41, 5.74) is 3.61. The maximum atomic E-state index is 11.9. The first-order chi connectivity index (χ1) is 13.8. The minimum atomic E-state index is -0.490. The summed E-state index contributed by atoms with van der Waals surface area (Å²) < 4.78 is 0. The van der Waals surface area contributed by atoms with Crippen molar-refractivity contribution >= 4 is 35.3 Å². The number of carbonyl (C=O) groups is 2. The maximum Gasteiger partial charge on any atom is 0.270 e. The van der Waals surface area contributed by atoms with Gasteiger partial charge in [0.15, 0.2) is 6.61 Å². The molecule has 0 bridgehead atoms. The highest BCUT2D eigenvalue weighted by Crippen LogP contribution is 2.27. The molecule has 0 fully saturated rings. The van der Waals surface area contributed by atoms with Crippen LogP contribution in [-0.2, 0) is 20.8 Å². The second-order valence-corrected chi connectivity index (χ2v) is 7.34. The van der Waals surface area contributed by atoms with Gasteiger partial charge in [-0.25, -0.2) is 0 Å². The van der Waals surface area contributed by atoms with Gasteiger partial charge in [0.25, 0.3) is 11.8 Å². The largest absolute Gasteiger partial charge is 0.386 e. The van der Waals surface area contributed by atoms with Crippen molar-refractivity contribution < 1.29 is 14.4 Å². The van der Waals surface area contributed by atoms with Crippen LogP contribution in [0.3, 0.4) is 0 Å². The Bertz CT molecular complexity index is 846. The molecule has 6 nitrogen and oxygen atoms in total. The van der Waals surface area contributed by atoms with Gasteiger partial charge in [-0.3, -0.25) is 9.59 Å². The number of hydrogen-bond acceptors (Lipinski definition) is 4. The number of anilines is 1. The van der Waals surface area contributed by atoms with Crippen LogP contribution in [0.15, 0.2) is 47.6 Å². The van der Waals surface area contributed by atoms with E-state index in [1.807, 2.05) is 45.0 Å². The summed E-state index contributed by atoms with van der Waals surface area (Å²) in [5.74, 6) is -0.781. The number of aryl methyl sites for hydroxylation is 3. The smallest absolute Gasteiger partial charge is 0.270 e. The van der Waals surface area contributed by atoms with E-state index in [1.165, 1.54) is 5.56 Å². The van der Waals surface area contributed by atoms with Crippen LogP contribution in [0.5, 0.6) is 0 Å². The minimum Gasteiger partial charge on any atom is -0.386 e. The molecule has 2 rings (SSSR count). The van der Waals surface area contributed by atoms with E-state index in [0.29, 0.717) is 10.7 Å². The molecule has 2 aromatic carbocycles. The molecule has 2 N–H and O–H groups in total. The number of carbonyl (C=O) groups excluding carboxylic acids is 2. The van der Waals surface area contributed by atoms with Crippen LogP contribution in [-0.4, -0.2) is 30.7 Å². The van der Waals surface area contributed by atoms with E-state index in [9.17, 15) is 9.59 Å². The SMILES string of the molecule is Cc1cc(C)c(NC(=O)C=NOCC(=O)NC(C)CCc2ccccc2)c(Cl)c1. The first-order valence-corrected chi connectivity index (χ1v) is 9.79. The number of rotatable bonds is 9. The Morgan fingerprint density at radius 1 is 1.21 bits per heavy atom. The van der Waals surface area contributed by atoms with Gasteiger partial charge in [0, 0.05) is 6.04 Å². The summed E-state index contributed by atoms with van der Waals surface area (Å²) in [5, 5.41) is 9.50. The van der Waals surface area contributed by atoms with Crippen LogP contribution in [0.2, 0.25) is 5.02 Å². The van der Waals surface area contributed by atoms with Crippen LogP contribution in [0, 0.1) is 13.8 Å². The Hall–Kier alpha value is -2.86. The van der Waals surface area contributed by atoms with Crippen LogP contribution < -0.4 is 10.6 Å². The Morgan fingerprint density at radius 3 is 2.62 bits per heavy atom. The third kappa shape index (κ3) is 7.95. The van der Waals surface area contributed by atoms with Crippen LogP contribution >= 0.6 is 11.6 Å². The summed E-state index contributed by atoms with van der Waals surface area (Å²) in [6, 6.07) is 13.8. The molecule has 0 aromatic heterocycles. The lowest BCUT2D eigenvalue weighted by molar-refractivity contribution is -0.126. The molecular weight excluding hydrogens is 390 g/mol. The van der Waals surface area contributed by atoms with E-state index in [4.69, 9.17) is 16.4 Å². The molecule has 2 aromatic rings. The predicted molar refractivity (Wildman–Crippen MR) is 116 cm³/mol. The van der Waals surface area contributed by atoms with Gasteiger partial charge in [-0.15, -0.1) is 0 Å². The minimum absolute atomic E-state index is 0.00485. The number of oxime groups is 1. The number of hydrogen-bond donors (Lipinski definition) is 2. The number of halogens is 1. The standard InChI is InChI=1S/C22H26ClN3O3/c1-15-11-16(2)22(19(23)12-15)26-20(27)13-24-29-14-21(28)25-17(3)9-10-18-7-5-4-6-8-18/h4-8,11-13,17H,9-10,14H2,1-3H3,(H,25,28)(H,26,27). The van der Waals surface area contributed by atoms with Crippen molar-refractivity contribution in [3.63, 3.8) is 0 Å². The van der Waals surface area contributed by atoms with Gasteiger partial charge in [-0.1, -0.05) is 53.2 Å². The summed E-state index contributed by atoms with van der Waals surface area (Å²) >= 11 is 6.15. The van der Waals surface area contributed by atoms with E-state index >= 15 is 0 Å². The fourth-order valence-corrected chi connectivity index (χ4v) is 3.20. The summed E-state index contributed by atoms with van der Waals surface area (Å²) in [7, 11) is 0. The predicted octanol–water partition coefficient (Wildman–Crippen LogP) is 4.04. The average molecular weight is 416 g/mol. The maximum absolute atomic E-state index is 11.9. The highest BCUT2D eigenvalue weighted by molar-refractivity contribution is 6.37. The molecule has 0 aliphatic carbocycles. The number of nitrogens with zero attached hydrogens (tertiary/aromatic N) is 1. The van der Waals surface area contributed by atoms with Gasteiger partial charge in [-0.05, 0) is 56.4 Å². The van der Waals surface area contributed by atoms with E-state index in [-0.39, 0.29) is 18.6 Å². The Morgan fingerprint density at radius 2 is 1.93 bits per heavy atom.